The maximum absolute atomic E-state index is 6.94. The largest absolute Gasteiger partial charge is 0.458 e. The summed E-state index contributed by atoms with van der Waals surface area (Å²) in [6.45, 7) is -0.0825. The fourth-order valence-electron chi connectivity index (χ4n) is 12.3. The molecule has 0 atom stereocenters. The van der Waals surface area contributed by atoms with E-state index in [1.54, 1.807) is 0 Å². The van der Waals surface area contributed by atoms with Gasteiger partial charge in [-0.1, -0.05) is 291 Å². The molecule has 14 aromatic rings. The summed E-state index contributed by atoms with van der Waals surface area (Å²) in [5, 5.41) is 0. The number of hydrogen-bond donors (Lipinski definition) is 0. The van der Waals surface area contributed by atoms with E-state index in [4.69, 9.17) is 18.9 Å². The SMILES string of the molecule is Brc1c(Oc2ccc(-c3ccccc3)cc2)c(-c2ccccc2)cc(-c2ccccc2)c1Oc1ccc(-c2ccccc2)cc1.c1ccc(-c2ccc3c(c2)B2c4cc(-c5ccccc5)ccc4Oc4c(-c5ccccc5)cc(-c5ccccc5)c(c42)O3)cc1. The summed E-state index contributed by atoms with van der Waals surface area (Å²) in [5.41, 5.74) is 21.0. The molecule has 2 aliphatic heterocycles. The zero-order valence-electron chi connectivity index (χ0n) is 48.9. The van der Waals surface area contributed by atoms with Crippen LogP contribution in [0.15, 0.2) is 344 Å². The minimum absolute atomic E-state index is 0.0825. The maximum Gasteiger partial charge on any atom is 0.260 e. The van der Waals surface area contributed by atoms with Crippen LogP contribution in [0.5, 0.6) is 46.0 Å². The first-order chi connectivity index (χ1) is 44.5. The lowest BCUT2D eigenvalue weighted by molar-refractivity contribution is 0.457. The van der Waals surface area contributed by atoms with Gasteiger partial charge in [-0.25, -0.2) is 0 Å². The molecular weight excluding hydrogens is 1160 g/mol. The van der Waals surface area contributed by atoms with Crippen LogP contribution in [0.2, 0.25) is 0 Å². The van der Waals surface area contributed by atoms with Crippen LogP contribution in [0.1, 0.15) is 0 Å². The molecule has 0 radical (unpaired) electrons. The van der Waals surface area contributed by atoms with Crippen LogP contribution < -0.4 is 35.3 Å². The van der Waals surface area contributed by atoms with Crippen LogP contribution in [-0.4, -0.2) is 6.71 Å². The molecule has 16 rings (SSSR count). The summed E-state index contributed by atoms with van der Waals surface area (Å²) in [7, 11) is 0. The van der Waals surface area contributed by atoms with E-state index in [2.05, 4.69) is 259 Å². The lowest BCUT2D eigenvalue weighted by Gasteiger charge is -2.36. The molecule has 0 aliphatic carbocycles. The van der Waals surface area contributed by atoms with Gasteiger partial charge in [0, 0.05) is 27.7 Å². The van der Waals surface area contributed by atoms with E-state index in [1.165, 1.54) is 11.1 Å². The molecule has 0 bridgehead atoms. The molecule has 0 unspecified atom stereocenters. The van der Waals surface area contributed by atoms with Crippen molar-refractivity contribution in [1.82, 2.24) is 0 Å². The number of rotatable bonds is 12. The predicted molar refractivity (Wildman–Crippen MR) is 375 cm³/mol. The molecule has 90 heavy (non-hydrogen) atoms. The first-order valence-electron chi connectivity index (χ1n) is 30.2. The fraction of sp³-hybridized carbons (Fsp3) is 0. The number of benzene rings is 14. The number of fused-ring (bicyclic) bond motifs is 4. The van der Waals surface area contributed by atoms with Crippen molar-refractivity contribution in [3.63, 3.8) is 0 Å². The minimum Gasteiger partial charge on any atom is -0.458 e. The Morgan fingerprint density at radius 2 is 0.500 bits per heavy atom. The second-order valence-electron chi connectivity index (χ2n) is 22.3. The van der Waals surface area contributed by atoms with Crippen molar-refractivity contribution in [1.29, 1.82) is 0 Å². The lowest BCUT2D eigenvalue weighted by Crippen LogP contribution is -2.57. The summed E-state index contributed by atoms with van der Waals surface area (Å²) in [4.78, 5) is 0. The molecule has 14 aromatic carbocycles. The van der Waals surface area contributed by atoms with Gasteiger partial charge in [0.25, 0.3) is 6.71 Å². The van der Waals surface area contributed by atoms with Gasteiger partial charge < -0.3 is 18.9 Å². The second-order valence-corrected chi connectivity index (χ2v) is 23.1. The highest BCUT2D eigenvalue weighted by Gasteiger charge is 2.43. The summed E-state index contributed by atoms with van der Waals surface area (Å²) in [6.07, 6.45) is 0. The van der Waals surface area contributed by atoms with Gasteiger partial charge in [0.1, 0.15) is 39.0 Å². The zero-order chi connectivity index (χ0) is 60.2. The van der Waals surface area contributed by atoms with Crippen LogP contribution in [0.3, 0.4) is 0 Å². The highest BCUT2D eigenvalue weighted by molar-refractivity contribution is 9.10. The van der Waals surface area contributed by atoms with Crippen LogP contribution >= 0.6 is 15.9 Å². The molecular formula is C84H56BBrO4. The van der Waals surface area contributed by atoms with E-state index in [1.807, 2.05) is 97.1 Å². The van der Waals surface area contributed by atoms with Crippen molar-refractivity contribution in [2.45, 2.75) is 0 Å². The topological polar surface area (TPSA) is 36.9 Å². The first kappa shape index (κ1) is 55.4. The molecule has 2 aliphatic rings. The van der Waals surface area contributed by atoms with E-state index in [0.29, 0.717) is 11.5 Å². The Morgan fingerprint density at radius 3 is 0.822 bits per heavy atom. The minimum atomic E-state index is -0.0825. The Morgan fingerprint density at radius 1 is 0.244 bits per heavy atom. The highest BCUT2D eigenvalue weighted by Crippen LogP contribution is 2.52. The smallest absolute Gasteiger partial charge is 0.260 e. The van der Waals surface area contributed by atoms with Crippen molar-refractivity contribution in [3.05, 3.63) is 344 Å². The molecule has 2 heterocycles. The van der Waals surface area contributed by atoms with Crippen LogP contribution in [0.25, 0.3) is 89.0 Å². The second kappa shape index (κ2) is 24.9. The van der Waals surface area contributed by atoms with Crippen LogP contribution in [-0.2, 0) is 0 Å². The van der Waals surface area contributed by atoms with Crippen LogP contribution in [0.4, 0.5) is 0 Å². The summed E-state index contributed by atoms with van der Waals surface area (Å²) in [5.74, 6) is 6.31. The van der Waals surface area contributed by atoms with E-state index < -0.39 is 0 Å². The van der Waals surface area contributed by atoms with E-state index >= 15 is 0 Å². The Kier molecular flexibility index (Phi) is 15.3. The van der Waals surface area contributed by atoms with Gasteiger partial charge in [-0.05, 0) is 142 Å². The molecule has 426 valence electrons. The number of ether oxygens (including phenoxy) is 4. The third-order valence-electron chi connectivity index (χ3n) is 16.7. The van der Waals surface area contributed by atoms with Gasteiger partial charge in [-0.2, -0.15) is 0 Å². The average Bonchev–Trinajstić information content (AvgIpc) is 0.762. The average molecular weight is 1220 g/mol. The van der Waals surface area contributed by atoms with E-state index in [-0.39, 0.29) is 6.71 Å². The van der Waals surface area contributed by atoms with Crippen molar-refractivity contribution in [2.24, 2.45) is 0 Å². The highest BCUT2D eigenvalue weighted by atomic mass is 79.9. The molecule has 4 nitrogen and oxygen atoms in total. The Balaban J connectivity index is 0.000000150. The molecule has 0 spiro atoms. The van der Waals surface area contributed by atoms with E-state index in [9.17, 15) is 0 Å². The standard InChI is InChI=1S/C42H27BO2.C42H29BrO2/c1-5-13-28(14-6-1)32-21-23-38-36(25-32)43-37-26-33(29-15-7-2-8-16-29)22-24-39(37)45-42-35(31-19-11-4-12-20-31)27-34(41(44-38)40(42)43)30-17-9-3-10-18-30;43-40-41(44-36-25-21-32(22-26-36)30-13-5-1-6-14-30)38(34-17-9-3-10-18-34)29-39(35-19-11-4-12-20-35)42(40)45-37-27-23-33(24-28-37)31-15-7-2-8-16-31/h1-27H;1-29H. The third-order valence-corrected chi connectivity index (χ3v) is 17.4. The van der Waals surface area contributed by atoms with Crippen LogP contribution in [0, 0.1) is 0 Å². The van der Waals surface area contributed by atoms with Gasteiger partial charge in [-0.15, -0.1) is 0 Å². The van der Waals surface area contributed by atoms with Crippen molar-refractivity contribution < 1.29 is 18.9 Å². The number of hydrogen-bond acceptors (Lipinski definition) is 4. The summed E-state index contributed by atoms with van der Waals surface area (Å²) >= 11 is 3.94. The molecule has 6 heteroatoms. The Bertz CT molecular complexity index is 4520. The monoisotopic (exact) mass is 1220 g/mol. The van der Waals surface area contributed by atoms with Gasteiger partial charge in [0.2, 0.25) is 0 Å². The molecule has 0 aromatic heterocycles. The third kappa shape index (κ3) is 11.2. The van der Waals surface area contributed by atoms with Gasteiger partial charge in [-0.3, -0.25) is 0 Å². The number of halogens is 1. The predicted octanol–water partition coefficient (Wildman–Crippen LogP) is 21.8. The Labute approximate surface area is 533 Å². The molecule has 0 N–H and O–H groups in total. The molecule has 0 saturated carbocycles. The zero-order valence-corrected chi connectivity index (χ0v) is 50.5. The fourth-order valence-corrected chi connectivity index (χ4v) is 12.9. The quantitative estimate of drug-likeness (QED) is 0.114. The van der Waals surface area contributed by atoms with Gasteiger partial charge in [0.15, 0.2) is 11.5 Å². The molecule has 0 saturated heterocycles. The van der Waals surface area contributed by atoms with Gasteiger partial charge >= 0.3 is 0 Å². The maximum atomic E-state index is 6.94. The van der Waals surface area contributed by atoms with Crippen molar-refractivity contribution in [3.8, 4) is 135 Å². The normalized spacial score (nSPS) is 11.5. The lowest BCUT2D eigenvalue weighted by atomic mass is 9.34. The van der Waals surface area contributed by atoms with Gasteiger partial charge in [0.05, 0.1) is 0 Å². The van der Waals surface area contributed by atoms with Crippen molar-refractivity contribution >= 4 is 39.0 Å². The summed E-state index contributed by atoms with van der Waals surface area (Å²) < 4.78 is 28.0. The Hall–Kier alpha value is -11.2. The molecule has 0 fully saturated rings. The molecule has 0 amide bonds. The van der Waals surface area contributed by atoms with Crippen molar-refractivity contribution in [2.75, 3.05) is 0 Å². The van der Waals surface area contributed by atoms with E-state index in [0.717, 1.165) is 133 Å². The summed E-state index contributed by atoms with van der Waals surface area (Å²) in [6, 6.07) is 118. The first-order valence-corrected chi connectivity index (χ1v) is 31.0.